The molecule has 5 heteroatoms. The fourth-order valence-corrected chi connectivity index (χ4v) is 2.61. The molecule has 1 amide bonds. The molecule has 152 valence electrons. The van der Waals surface area contributed by atoms with Gasteiger partial charge in [-0.05, 0) is 57.1 Å². The van der Waals surface area contributed by atoms with Crippen LogP contribution in [0.4, 0.5) is 10.5 Å². The molecule has 0 atom stereocenters. The number of amides is 1. The maximum absolute atomic E-state index is 11.9. The quantitative estimate of drug-likeness (QED) is 0.334. The van der Waals surface area contributed by atoms with Crippen molar-refractivity contribution in [2.75, 3.05) is 45.3 Å². The van der Waals surface area contributed by atoms with Gasteiger partial charge in [-0.1, -0.05) is 32.3 Å². The predicted octanol–water partition coefficient (Wildman–Crippen LogP) is 5.12. The Labute approximate surface area is 164 Å². The van der Waals surface area contributed by atoms with Gasteiger partial charge >= 0.3 is 6.09 Å². The zero-order valence-electron chi connectivity index (χ0n) is 17.3. The third-order valence-corrected chi connectivity index (χ3v) is 4.36. The summed E-state index contributed by atoms with van der Waals surface area (Å²) in [4.78, 5) is 15.7. The van der Waals surface area contributed by atoms with Crippen molar-refractivity contribution in [2.45, 2.75) is 45.4 Å². The molecule has 0 aliphatic carbocycles. The van der Waals surface area contributed by atoms with Gasteiger partial charge in [0.05, 0.1) is 13.2 Å². The highest BCUT2D eigenvalue weighted by Crippen LogP contribution is 2.19. The fourth-order valence-electron chi connectivity index (χ4n) is 2.61. The highest BCUT2D eigenvalue weighted by Gasteiger charge is 2.11. The number of hydrogen-bond acceptors (Lipinski definition) is 4. The van der Waals surface area contributed by atoms with E-state index in [0.717, 1.165) is 50.4 Å². The van der Waals surface area contributed by atoms with Crippen LogP contribution in [0, 0.1) is 0 Å². The number of carbonyl (C=O) groups is 1. The van der Waals surface area contributed by atoms with Crippen molar-refractivity contribution in [1.82, 2.24) is 4.90 Å². The second-order valence-corrected chi connectivity index (χ2v) is 6.83. The molecule has 0 radical (unpaired) electrons. The summed E-state index contributed by atoms with van der Waals surface area (Å²) in [6, 6.07) is 7.56. The highest BCUT2D eigenvalue weighted by atomic mass is 16.6. The van der Waals surface area contributed by atoms with Crippen LogP contribution in [0.1, 0.15) is 45.4 Å². The van der Waals surface area contributed by atoms with E-state index in [0.29, 0.717) is 6.61 Å². The normalized spacial score (nSPS) is 10.7. The summed E-state index contributed by atoms with van der Waals surface area (Å²) in [6.45, 7) is 9.07. The van der Waals surface area contributed by atoms with Crippen LogP contribution in [0.15, 0.2) is 36.9 Å². The minimum atomic E-state index is -0.323. The maximum atomic E-state index is 11.9. The van der Waals surface area contributed by atoms with Gasteiger partial charge in [0.1, 0.15) is 5.75 Å². The number of carbonyl (C=O) groups excluding carboxylic acids is 1. The number of nitrogens with zero attached hydrogens (tertiary/aromatic N) is 2. The fraction of sp³-hybridized carbons (Fsp3) is 0.591. The number of ether oxygens (including phenoxy) is 2. The second-order valence-electron chi connectivity index (χ2n) is 6.83. The molecule has 1 aromatic carbocycles. The third kappa shape index (κ3) is 10.0. The summed E-state index contributed by atoms with van der Waals surface area (Å²) in [6.07, 6.45) is 8.16. The van der Waals surface area contributed by atoms with Crippen molar-refractivity contribution in [3.8, 4) is 5.75 Å². The minimum absolute atomic E-state index is 0.323. The number of likely N-dealkylation sites (N-methyl/N-ethyl adjacent to an activating group) is 1. The Morgan fingerprint density at radius 1 is 1.04 bits per heavy atom. The van der Waals surface area contributed by atoms with Crippen molar-refractivity contribution >= 4 is 11.8 Å². The Morgan fingerprint density at radius 3 is 2.41 bits per heavy atom. The van der Waals surface area contributed by atoms with Crippen LogP contribution < -0.4 is 9.64 Å². The lowest BCUT2D eigenvalue weighted by Crippen LogP contribution is -2.27. The van der Waals surface area contributed by atoms with E-state index in [1.165, 1.54) is 24.2 Å². The van der Waals surface area contributed by atoms with Gasteiger partial charge in [-0.3, -0.25) is 4.90 Å². The molecule has 0 aliphatic heterocycles. The molecular formula is C22H36N2O3. The molecule has 0 saturated heterocycles. The van der Waals surface area contributed by atoms with Gasteiger partial charge < -0.3 is 14.4 Å². The van der Waals surface area contributed by atoms with Crippen LogP contribution in [0.5, 0.6) is 5.75 Å². The van der Waals surface area contributed by atoms with Crippen LogP contribution >= 0.6 is 0 Å². The number of rotatable bonds is 14. The standard InChI is InChI=1S/C22H36N2O3/c1-5-7-18-27-22(25)24(4)20-12-14-21(15-13-20)26-19-11-9-8-10-17-23(3)16-6-2/h6,12-15H,2,5,7-11,16-19H2,1,3-4H3. The molecular weight excluding hydrogens is 340 g/mol. The van der Waals surface area contributed by atoms with Crippen molar-refractivity contribution in [3.05, 3.63) is 36.9 Å². The lowest BCUT2D eigenvalue weighted by Gasteiger charge is -2.17. The molecule has 0 spiro atoms. The molecule has 0 heterocycles. The lowest BCUT2D eigenvalue weighted by molar-refractivity contribution is 0.153. The number of hydrogen-bond donors (Lipinski definition) is 0. The first-order valence-corrected chi connectivity index (χ1v) is 10.0. The monoisotopic (exact) mass is 376 g/mol. The van der Waals surface area contributed by atoms with Gasteiger partial charge in [0, 0.05) is 19.3 Å². The van der Waals surface area contributed by atoms with Crippen LogP contribution in [0.2, 0.25) is 0 Å². The molecule has 27 heavy (non-hydrogen) atoms. The van der Waals surface area contributed by atoms with E-state index in [4.69, 9.17) is 9.47 Å². The lowest BCUT2D eigenvalue weighted by atomic mass is 10.2. The Hall–Kier alpha value is -2.01. The largest absolute Gasteiger partial charge is 0.494 e. The van der Waals surface area contributed by atoms with E-state index in [-0.39, 0.29) is 6.09 Å². The van der Waals surface area contributed by atoms with Gasteiger partial charge in [-0.15, -0.1) is 6.58 Å². The van der Waals surface area contributed by atoms with E-state index in [2.05, 4.69) is 25.5 Å². The molecule has 0 fully saturated rings. The van der Waals surface area contributed by atoms with Gasteiger partial charge in [-0.25, -0.2) is 4.79 Å². The number of unbranched alkanes of at least 4 members (excludes halogenated alkanes) is 4. The van der Waals surface area contributed by atoms with E-state index in [9.17, 15) is 4.79 Å². The molecule has 0 aromatic heterocycles. The summed E-state index contributed by atoms with van der Waals surface area (Å²) in [7, 11) is 3.84. The summed E-state index contributed by atoms with van der Waals surface area (Å²) >= 11 is 0. The SMILES string of the molecule is C=CCN(C)CCCCCCOc1ccc(N(C)C(=O)OCCCC)cc1. The third-order valence-electron chi connectivity index (χ3n) is 4.36. The molecule has 5 nitrogen and oxygen atoms in total. The second kappa shape index (κ2) is 14.1. The molecule has 1 aromatic rings. The van der Waals surface area contributed by atoms with E-state index in [1.807, 2.05) is 30.3 Å². The van der Waals surface area contributed by atoms with Crippen LogP contribution in [-0.2, 0) is 4.74 Å². The average molecular weight is 377 g/mol. The summed E-state index contributed by atoms with van der Waals surface area (Å²) in [5, 5.41) is 0. The van der Waals surface area contributed by atoms with E-state index < -0.39 is 0 Å². The average Bonchev–Trinajstić information content (AvgIpc) is 2.67. The number of benzene rings is 1. The number of anilines is 1. The highest BCUT2D eigenvalue weighted by molar-refractivity contribution is 5.86. The Morgan fingerprint density at radius 2 is 1.74 bits per heavy atom. The first kappa shape index (κ1) is 23.0. The van der Waals surface area contributed by atoms with Crippen molar-refractivity contribution < 1.29 is 14.3 Å². The maximum Gasteiger partial charge on any atom is 0.414 e. The molecule has 0 N–H and O–H groups in total. The summed E-state index contributed by atoms with van der Waals surface area (Å²) in [5.74, 6) is 0.831. The van der Waals surface area contributed by atoms with Crippen LogP contribution in [0.25, 0.3) is 0 Å². The first-order chi connectivity index (χ1) is 13.1. The van der Waals surface area contributed by atoms with Gasteiger partial charge in [0.25, 0.3) is 0 Å². The molecule has 0 aliphatic rings. The summed E-state index contributed by atoms with van der Waals surface area (Å²) in [5.41, 5.74) is 0.799. The molecule has 1 rings (SSSR count). The first-order valence-electron chi connectivity index (χ1n) is 10.0. The van der Waals surface area contributed by atoms with Crippen LogP contribution in [0.3, 0.4) is 0 Å². The minimum Gasteiger partial charge on any atom is -0.494 e. The van der Waals surface area contributed by atoms with Gasteiger partial charge in [0.15, 0.2) is 0 Å². The van der Waals surface area contributed by atoms with Crippen molar-refractivity contribution in [2.24, 2.45) is 0 Å². The molecule has 0 saturated carbocycles. The van der Waals surface area contributed by atoms with Crippen molar-refractivity contribution in [1.29, 1.82) is 0 Å². The smallest absolute Gasteiger partial charge is 0.414 e. The summed E-state index contributed by atoms with van der Waals surface area (Å²) < 4.78 is 11.0. The molecule has 0 bridgehead atoms. The zero-order chi connectivity index (χ0) is 19.9. The van der Waals surface area contributed by atoms with Crippen molar-refractivity contribution in [3.63, 3.8) is 0 Å². The van der Waals surface area contributed by atoms with E-state index >= 15 is 0 Å². The van der Waals surface area contributed by atoms with Gasteiger partial charge in [-0.2, -0.15) is 0 Å². The zero-order valence-corrected chi connectivity index (χ0v) is 17.3. The van der Waals surface area contributed by atoms with E-state index in [1.54, 1.807) is 7.05 Å². The predicted molar refractivity (Wildman–Crippen MR) is 113 cm³/mol. The van der Waals surface area contributed by atoms with Crippen LogP contribution in [-0.4, -0.2) is 51.4 Å². The Kier molecular flexibility index (Phi) is 12.0. The Balaban J connectivity index is 2.20. The Bertz CT molecular complexity index is 531. The molecule has 0 unspecified atom stereocenters. The van der Waals surface area contributed by atoms with Gasteiger partial charge in [0.2, 0.25) is 0 Å². The topological polar surface area (TPSA) is 42.0 Å².